The van der Waals surface area contributed by atoms with E-state index in [1.54, 1.807) is 0 Å². The van der Waals surface area contributed by atoms with Crippen molar-refractivity contribution in [1.82, 2.24) is 9.91 Å². The van der Waals surface area contributed by atoms with Crippen LogP contribution in [0.2, 0.25) is 0 Å². The summed E-state index contributed by atoms with van der Waals surface area (Å²) in [6, 6.07) is 11.3. The van der Waals surface area contributed by atoms with Crippen molar-refractivity contribution in [1.29, 1.82) is 0 Å². The molecule has 0 amide bonds. The zero-order valence-corrected chi connectivity index (χ0v) is 12.6. The van der Waals surface area contributed by atoms with Crippen LogP contribution in [0.4, 0.5) is 0 Å². The van der Waals surface area contributed by atoms with E-state index in [2.05, 4.69) is 59.2 Å². The van der Waals surface area contributed by atoms with Gasteiger partial charge in [-0.1, -0.05) is 50.6 Å². The van der Waals surface area contributed by atoms with Gasteiger partial charge in [-0.15, -0.1) is 0 Å². The third-order valence-electron chi connectivity index (χ3n) is 4.72. The molecule has 0 unspecified atom stereocenters. The van der Waals surface area contributed by atoms with E-state index in [1.807, 2.05) is 6.34 Å². The van der Waals surface area contributed by atoms with Crippen LogP contribution in [0.3, 0.4) is 0 Å². The van der Waals surface area contributed by atoms with Crippen LogP contribution >= 0.6 is 0 Å². The molecule has 1 aromatic carbocycles. The van der Waals surface area contributed by atoms with Gasteiger partial charge in [-0.25, -0.2) is 0 Å². The smallest absolute Gasteiger partial charge is 0.113 e. The molecule has 1 aliphatic heterocycles. The molecule has 0 spiro atoms. The molecule has 0 aromatic heterocycles. The zero-order chi connectivity index (χ0) is 13.9. The highest BCUT2D eigenvalue weighted by atomic mass is 15.6. The van der Waals surface area contributed by atoms with Gasteiger partial charge in [0.15, 0.2) is 0 Å². The standard InChI is InChI=1S/C17H25N3/c1-14-8-9-15(2)17(10-14)20-13-19(12-18-20)11-16-6-4-3-5-7-16/h3-7,12,14-15,17H,8-11,13H2,1-2H3/t14-,15-,17+/m0/s1. The van der Waals surface area contributed by atoms with Crippen molar-refractivity contribution in [2.24, 2.45) is 16.9 Å². The van der Waals surface area contributed by atoms with E-state index in [-0.39, 0.29) is 0 Å². The molecule has 3 nitrogen and oxygen atoms in total. The van der Waals surface area contributed by atoms with Crippen molar-refractivity contribution < 1.29 is 0 Å². The third kappa shape index (κ3) is 2.97. The molecule has 3 rings (SSSR count). The summed E-state index contributed by atoms with van der Waals surface area (Å²) in [4.78, 5) is 2.31. The molecule has 1 heterocycles. The molecule has 3 heteroatoms. The van der Waals surface area contributed by atoms with Crippen molar-refractivity contribution in [3.05, 3.63) is 35.9 Å². The lowest BCUT2D eigenvalue weighted by molar-refractivity contribution is 0.0791. The number of hydrazone groups is 1. The van der Waals surface area contributed by atoms with Crippen LogP contribution in [0.15, 0.2) is 35.4 Å². The van der Waals surface area contributed by atoms with Gasteiger partial charge in [0.05, 0.1) is 6.04 Å². The Bertz CT molecular complexity index is 457. The van der Waals surface area contributed by atoms with E-state index >= 15 is 0 Å². The average Bonchev–Trinajstić information content (AvgIpc) is 2.91. The fraction of sp³-hybridized carbons (Fsp3) is 0.588. The molecule has 2 aliphatic rings. The van der Waals surface area contributed by atoms with Gasteiger partial charge in [0.25, 0.3) is 0 Å². The van der Waals surface area contributed by atoms with E-state index < -0.39 is 0 Å². The third-order valence-corrected chi connectivity index (χ3v) is 4.72. The maximum absolute atomic E-state index is 4.66. The first-order valence-corrected chi connectivity index (χ1v) is 7.81. The fourth-order valence-electron chi connectivity index (χ4n) is 3.42. The summed E-state index contributed by atoms with van der Waals surface area (Å²) in [5.74, 6) is 1.61. The largest absolute Gasteiger partial charge is 0.338 e. The molecule has 1 fully saturated rings. The summed E-state index contributed by atoms with van der Waals surface area (Å²) < 4.78 is 0. The highest BCUT2D eigenvalue weighted by Gasteiger charge is 2.32. The lowest BCUT2D eigenvalue weighted by Gasteiger charge is -2.38. The van der Waals surface area contributed by atoms with Crippen molar-refractivity contribution in [3.63, 3.8) is 0 Å². The van der Waals surface area contributed by atoms with Gasteiger partial charge in [-0.2, -0.15) is 5.10 Å². The Hall–Kier alpha value is -1.51. The lowest BCUT2D eigenvalue weighted by Crippen LogP contribution is -2.41. The van der Waals surface area contributed by atoms with E-state index in [0.717, 1.165) is 25.0 Å². The highest BCUT2D eigenvalue weighted by molar-refractivity contribution is 5.56. The fourth-order valence-corrected chi connectivity index (χ4v) is 3.42. The van der Waals surface area contributed by atoms with Crippen molar-refractivity contribution in [3.8, 4) is 0 Å². The zero-order valence-electron chi connectivity index (χ0n) is 12.6. The maximum Gasteiger partial charge on any atom is 0.113 e. The highest BCUT2D eigenvalue weighted by Crippen LogP contribution is 2.33. The Morgan fingerprint density at radius 1 is 1.15 bits per heavy atom. The molecular formula is C17H25N3. The lowest BCUT2D eigenvalue weighted by atomic mass is 9.80. The summed E-state index contributed by atoms with van der Waals surface area (Å²) in [6.07, 6.45) is 6.02. The summed E-state index contributed by atoms with van der Waals surface area (Å²) in [6.45, 7) is 6.65. The number of rotatable bonds is 3. The summed E-state index contributed by atoms with van der Waals surface area (Å²) in [7, 11) is 0. The normalized spacial score (nSPS) is 30.0. The Kier molecular flexibility index (Phi) is 3.95. The minimum Gasteiger partial charge on any atom is -0.338 e. The molecule has 1 aromatic rings. The predicted molar refractivity (Wildman–Crippen MR) is 83.2 cm³/mol. The SMILES string of the molecule is C[C@H]1CC[C@H](C)[C@H](N2CN(Cc3ccccc3)C=N2)C1. The predicted octanol–water partition coefficient (Wildman–Crippen LogP) is 3.53. The van der Waals surface area contributed by atoms with Gasteiger partial charge in [0, 0.05) is 6.54 Å². The molecule has 1 saturated carbocycles. The first-order valence-electron chi connectivity index (χ1n) is 7.81. The van der Waals surface area contributed by atoms with Crippen LogP contribution in [0.5, 0.6) is 0 Å². The summed E-state index contributed by atoms with van der Waals surface area (Å²) in [5.41, 5.74) is 1.35. The second-order valence-corrected chi connectivity index (χ2v) is 6.51. The second kappa shape index (κ2) is 5.86. The maximum atomic E-state index is 4.66. The monoisotopic (exact) mass is 271 g/mol. The average molecular weight is 271 g/mol. The molecule has 0 radical (unpaired) electrons. The van der Waals surface area contributed by atoms with Crippen LogP contribution in [-0.4, -0.2) is 29.0 Å². The van der Waals surface area contributed by atoms with E-state index in [0.29, 0.717) is 6.04 Å². The van der Waals surface area contributed by atoms with Crippen LogP contribution in [0.1, 0.15) is 38.7 Å². The molecule has 3 atom stereocenters. The van der Waals surface area contributed by atoms with Crippen molar-refractivity contribution in [2.75, 3.05) is 6.67 Å². The Morgan fingerprint density at radius 2 is 1.95 bits per heavy atom. The summed E-state index contributed by atoms with van der Waals surface area (Å²) >= 11 is 0. The quantitative estimate of drug-likeness (QED) is 0.837. The minimum absolute atomic E-state index is 0.621. The van der Waals surface area contributed by atoms with E-state index in [4.69, 9.17) is 0 Å². The minimum atomic E-state index is 0.621. The van der Waals surface area contributed by atoms with E-state index in [1.165, 1.54) is 24.8 Å². The molecular weight excluding hydrogens is 246 g/mol. The molecule has 1 aliphatic carbocycles. The molecule has 0 saturated heterocycles. The van der Waals surface area contributed by atoms with Crippen LogP contribution < -0.4 is 0 Å². The molecule has 20 heavy (non-hydrogen) atoms. The molecule has 108 valence electrons. The van der Waals surface area contributed by atoms with Gasteiger partial charge in [-0.3, -0.25) is 5.01 Å². The van der Waals surface area contributed by atoms with Gasteiger partial charge in [0.1, 0.15) is 13.0 Å². The van der Waals surface area contributed by atoms with Crippen LogP contribution in [0.25, 0.3) is 0 Å². The Labute approximate surface area is 122 Å². The number of benzene rings is 1. The van der Waals surface area contributed by atoms with Gasteiger partial charge in [-0.05, 0) is 30.2 Å². The number of hydrogen-bond acceptors (Lipinski definition) is 3. The van der Waals surface area contributed by atoms with Gasteiger partial charge in [0.2, 0.25) is 0 Å². The first-order chi connectivity index (χ1) is 9.72. The summed E-state index contributed by atoms with van der Waals surface area (Å²) in [5, 5.41) is 6.96. The van der Waals surface area contributed by atoms with Crippen LogP contribution in [-0.2, 0) is 6.54 Å². The second-order valence-electron chi connectivity index (χ2n) is 6.51. The Morgan fingerprint density at radius 3 is 2.75 bits per heavy atom. The van der Waals surface area contributed by atoms with Crippen molar-refractivity contribution in [2.45, 2.75) is 45.7 Å². The topological polar surface area (TPSA) is 18.8 Å². The Balaban J connectivity index is 1.58. The van der Waals surface area contributed by atoms with Crippen molar-refractivity contribution >= 4 is 6.34 Å². The molecule has 0 N–H and O–H groups in total. The number of nitrogens with zero attached hydrogens (tertiary/aromatic N) is 3. The number of hydrogen-bond donors (Lipinski definition) is 0. The molecule has 0 bridgehead atoms. The van der Waals surface area contributed by atoms with E-state index in [9.17, 15) is 0 Å². The van der Waals surface area contributed by atoms with Gasteiger partial charge >= 0.3 is 0 Å². The van der Waals surface area contributed by atoms with Gasteiger partial charge < -0.3 is 4.90 Å². The van der Waals surface area contributed by atoms with Crippen LogP contribution in [0, 0.1) is 11.8 Å². The first kappa shape index (κ1) is 13.5.